The minimum absolute atomic E-state index is 0.233. The zero-order valence-corrected chi connectivity index (χ0v) is 21.1. The molecule has 2 fully saturated rings. The van der Waals surface area contributed by atoms with Crippen LogP contribution in [0, 0.1) is 16.2 Å². The largest absolute Gasteiger partial charge is 0.332 e. The first kappa shape index (κ1) is 25.9. The lowest BCUT2D eigenvalue weighted by Gasteiger charge is -2.41. The molecular formula is C21H42O6P2. The highest BCUT2D eigenvalue weighted by Gasteiger charge is 2.43. The quantitative estimate of drug-likeness (QED) is 0.263. The molecule has 172 valence electrons. The van der Waals surface area contributed by atoms with Gasteiger partial charge in [-0.2, -0.15) is 0 Å². The van der Waals surface area contributed by atoms with Gasteiger partial charge < -0.3 is 27.1 Å². The third kappa shape index (κ3) is 11.2. The maximum absolute atomic E-state index is 5.83. The fourth-order valence-electron chi connectivity index (χ4n) is 3.03. The number of hydrogen-bond donors (Lipinski definition) is 0. The number of rotatable bonds is 10. The van der Waals surface area contributed by atoms with Gasteiger partial charge in [0.15, 0.2) is 0 Å². The summed E-state index contributed by atoms with van der Waals surface area (Å²) in [7, 11) is -2.48. The molecule has 2 rings (SSSR count). The van der Waals surface area contributed by atoms with Gasteiger partial charge in [-0.3, -0.25) is 0 Å². The van der Waals surface area contributed by atoms with E-state index in [1.54, 1.807) is 0 Å². The molecule has 0 aliphatic carbocycles. The molecule has 8 heteroatoms. The van der Waals surface area contributed by atoms with Crippen LogP contribution in [0.3, 0.4) is 0 Å². The molecular weight excluding hydrogens is 410 g/mol. The average Bonchev–Trinajstić information content (AvgIpc) is 2.63. The molecule has 6 nitrogen and oxygen atoms in total. The molecule has 2 aliphatic heterocycles. The molecule has 2 heterocycles. The predicted octanol–water partition coefficient (Wildman–Crippen LogP) is 6.99. The summed E-state index contributed by atoms with van der Waals surface area (Å²) < 4.78 is 34.8. The Morgan fingerprint density at radius 3 is 1.28 bits per heavy atom. The summed E-state index contributed by atoms with van der Waals surface area (Å²) in [4.78, 5) is 0. The van der Waals surface area contributed by atoms with Crippen LogP contribution >= 0.6 is 17.2 Å². The SMILES string of the molecule is CC(C)(C)CCCCOP1OCC2(CO1)COP(OCCCCC(C)(C)C)OC2. The van der Waals surface area contributed by atoms with Crippen molar-refractivity contribution in [3.05, 3.63) is 0 Å². The standard InChI is InChI=1S/C21H42O6P2/c1-19(2,3)11-7-9-13-22-28-24-15-21(16-25-28)17-26-29(27-18-21)23-14-10-8-12-20(4,5)6/h7-18H2,1-6H3. The monoisotopic (exact) mass is 452 g/mol. The first-order chi connectivity index (χ1) is 13.6. The lowest BCUT2D eigenvalue weighted by molar-refractivity contribution is -0.0761. The molecule has 0 atom stereocenters. The molecule has 0 aromatic carbocycles. The van der Waals surface area contributed by atoms with Crippen molar-refractivity contribution in [3.63, 3.8) is 0 Å². The molecule has 0 bridgehead atoms. The van der Waals surface area contributed by atoms with Crippen LogP contribution in [0.5, 0.6) is 0 Å². The van der Waals surface area contributed by atoms with Gasteiger partial charge in [-0.1, -0.05) is 54.4 Å². The van der Waals surface area contributed by atoms with E-state index in [9.17, 15) is 0 Å². The van der Waals surface area contributed by atoms with Gasteiger partial charge >= 0.3 is 17.2 Å². The van der Waals surface area contributed by atoms with Crippen molar-refractivity contribution < 1.29 is 27.1 Å². The van der Waals surface area contributed by atoms with Gasteiger partial charge in [-0.15, -0.1) is 0 Å². The Bertz CT molecular complexity index is 402. The minimum Gasteiger partial charge on any atom is -0.312 e. The van der Waals surface area contributed by atoms with Crippen LogP contribution in [0.4, 0.5) is 0 Å². The van der Waals surface area contributed by atoms with E-state index >= 15 is 0 Å². The fraction of sp³-hybridized carbons (Fsp3) is 1.00. The van der Waals surface area contributed by atoms with Gasteiger partial charge in [0.2, 0.25) is 0 Å². The van der Waals surface area contributed by atoms with Crippen LogP contribution in [-0.4, -0.2) is 39.6 Å². The molecule has 0 unspecified atom stereocenters. The highest BCUT2D eigenvalue weighted by Crippen LogP contribution is 2.53. The second-order valence-corrected chi connectivity index (χ2v) is 13.2. The van der Waals surface area contributed by atoms with Crippen molar-refractivity contribution in [2.24, 2.45) is 16.2 Å². The highest BCUT2D eigenvalue weighted by molar-refractivity contribution is 7.42. The van der Waals surface area contributed by atoms with E-state index in [2.05, 4.69) is 41.5 Å². The molecule has 0 aromatic heterocycles. The summed E-state index contributed by atoms with van der Waals surface area (Å²) >= 11 is 0. The molecule has 0 radical (unpaired) electrons. The lowest BCUT2D eigenvalue weighted by atomic mass is 9.90. The summed E-state index contributed by atoms with van der Waals surface area (Å²) in [6.07, 6.45) is 6.82. The van der Waals surface area contributed by atoms with Crippen molar-refractivity contribution in [2.75, 3.05) is 39.6 Å². The van der Waals surface area contributed by atoms with Crippen LogP contribution in [0.2, 0.25) is 0 Å². The van der Waals surface area contributed by atoms with Crippen LogP contribution in [-0.2, 0) is 27.1 Å². The van der Waals surface area contributed by atoms with Gasteiger partial charge in [-0.05, 0) is 36.5 Å². The van der Waals surface area contributed by atoms with Crippen molar-refractivity contribution >= 4 is 17.2 Å². The summed E-state index contributed by atoms with van der Waals surface area (Å²) in [5.74, 6) is 0. The van der Waals surface area contributed by atoms with Crippen LogP contribution in [0.15, 0.2) is 0 Å². The van der Waals surface area contributed by atoms with E-state index in [-0.39, 0.29) is 5.41 Å². The summed E-state index contributed by atoms with van der Waals surface area (Å²) in [6, 6.07) is 0. The second-order valence-electron chi connectivity index (χ2n) is 10.7. The van der Waals surface area contributed by atoms with Gasteiger partial charge in [-0.25, -0.2) is 0 Å². The third-order valence-electron chi connectivity index (χ3n) is 4.94. The van der Waals surface area contributed by atoms with Crippen LogP contribution < -0.4 is 0 Å². The van der Waals surface area contributed by atoms with Crippen molar-refractivity contribution in [3.8, 4) is 0 Å². The van der Waals surface area contributed by atoms with Crippen LogP contribution in [0.25, 0.3) is 0 Å². The Hall–Kier alpha value is 0.620. The van der Waals surface area contributed by atoms with Crippen LogP contribution in [0.1, 0.15) is 80.1 Å². The predicted molar refractivity (Wildman–Crippen MR) is 119 cm³/mol. The Morgan fingerprint density at radius 1 is 0.621 bits per heavy atom. The number of unbranched alkanes of at least 4 members (excludes halogenated alkanes) is 2. The second kappa shape index (κ2) is 12.0. The molecule has 29 heavy (non-hydrogen) atoms. The smallest absolute Gasteiger partial charge is 0.312 e. The van der Waals surface area contributed by atoms with E-state index in [0.29, 0.717) is 50.5 Å². The topological polar surface area (TPSA) is 55.4 Å². The average molecular weight is 453 g/mol. The Labute approximate surface area is 180 Å². The van der Waals surface area contributed by atoms with E-state index in [4.69, 9.17) is 27.1 Å². The fourth-order valence-corrected chi connectivity index (χ4v) is 5.55. The Morgan fingerprint density at radius 2 is 0.966 bits per heavy atom. The maximum atomic E-state index is 5.83. The normalized spacial score (nSPS) is 28.8. The van der Waals surface area contributed by atoms with E-state index in [1.165, 1.54) is 12.8 Å². The maximum Gasteiger partial charge on any atom is 0.332 e. The molecule has 0 aromatic rings. The Kier molecular flexibility index (Phi) is 10.7. The van der Waals surface area contributed by atoms with E-state index < -0.39 is 17.2 Å². The zero-order valence-electron chi connectivity index (χ0n) is 19.3. The molecule has 2 saturated heterocycles. The van der Waals surface area contributed by atoms with Gasteiger partial charge in [0, 0.05) is 0 Å². The van der Waals surface area contributed by atoms with Gasteiger partial charge in [0.1, 0.15) is 0 Å². The highest BCUT2D eigenvalue weighted by atomic mass is 31.2. The summed E-state index contributed by atoms with van der Waals surface area (Å²) in [5, 5.41) is 0. The molecule has 1 spiro atoms. The molecule has 0 N–H and O–H groups in total. The van der Waals surface area contributed by atoms with Gasteiger partial charge in [0.25, 0.3) is 0 Å². The first-order valence-electron chi connectivity index (χ1n) is 10.9. The van der Waals surface area contributed by atoms with Crippen molar-refractivity contribution in [1.82, 2.24) is 0 Å². The Balaban J connectivity index is 1.52. The van der Waals surface area contributed by atoms with Crippen molar-refractivity contribution in [1.29, 1.82) is 0 Å². The zero-order chi connectivity index (χ0) is 21.4. The van der Waals surface area contributed by atoms with E-state index in [1.807, 2.05) is 0 Å². The summed E-state index contributed by atoms with van der Waals surface area (Å²) in [5.41, 5.74) is 0.529. The minimum atomic E-state index is -1.24. The van der Waals surface area contributed by atoms with E-state index in [0.717, 1.165) is 25.7 Å². The lowest BCUT2D eigenvalue weighted by Crippen LogP contribution is -2.44. The molecule has 0 amide bonds. The molecule has 2 aliphatic rings. The third-order valence-corrected chi connectivity index (χ3v) is 7.09. The number of hydrogen-bond acceptors (Lipinski definition) is 6. The summed E-state index contributed by atoms with van der Waals surface area (Å²) in [6.45, 7) is 17.2. The first-order valence-corrected chi connectivity index (χ1v) is 13.1. The van der Waals surface area contributed by atoms with Crippen molar-refractivity contribution in [2.45, 2.75) is 80.1 Å². The molecule has 0 saturated carbocycles. The van der Waals surface area contributed by atoms with Gasteiger partial charge in [0.05, 0.1) is 45.1 Å².